The maximum Gasteiger partial charge on any atom is 0.160 e. The van der Waals surface area contributed by atoms with E-state index in [0.29, 0.717) is 12.1 Å². The molecule has 0 amide bonds. The first-order valence-electron chi connectivity index (χ1n) is 8.76. The van der Waals surface area contributed by atoms with E-state index >= 15 is 0 Å². The molecular formula is C19H24N4S. The topological polar surface area (TPSA) is 33.4 Å². The fourth-order valence-corrected chi connectivity index (χ4v) is 4.97. The number of nitrogens with zero attached hydrogens (tertiary/aromatic N) is 4. The van der Waals surface area contributed by atoms with Gasteiger partial charge in [0.05, 0.1) is 11.7 Å². The Labute approximate surface area is 148 Å². The molecule has 4 heterocycles. The summed E-state index contributed by atoms with van der Waals surface area (Å²) in [5, 5.41) is 1.19. The fourth-order valence-electron chi connectivity index (χ4n) is 3.64. The second kappa shape index (κ2) is 6.28. The molecule has 0 spiro atoms. The summed E-state index contributed by atoms with van der Waals surface area (Å²) in [5.74, 6) is 1.14. The Balaban J connectivity index is 1.76. The minimum absolute atomic E-state index is 0.0889. The Morgan fingerprint density at radius 2 is 2.17 bits per heavy atom. The Bertz CT molecular complexity index is 737. The minimum Gasteiger partial charge on any atom is -0.351 e. The number of amidine groups is 1. The lowest BCUT2D eigenvalue weighted by Crippen LogP contribution is -2.35. The van der Waals surface area contributed by atoms with Crippen LogP contribution in [0.15, 0.2) is 47.8 Å². The highest BCUT2D eigenvalue weighted by molar-refractivity contribution is 8.14. The molecule has 2 aromatic rings. The second-order valence-corrected chi connectivity index (χ2v) is 7.81. The van der Waals surface area contributed by atoms with Crippen LogP contribution >= 0.6 is 11.8 Å². The van der Waals surface area contributed by atoms with Crippen molar-refractivity contribution >= 4 is 16.9 Å². The smallest absolute Gasteiger partial charge is 0.160 e. The summed E-state index contributed by atoms with van der Waals surface area (Å²) >= 11 is 1.90. The average molecular weight is 340 g/mol. The predicted molar refractivity (Wildman–Crippen MR) is 100 cm³/mol. The van der Waals surface area contributed by atoms with Crippen LogP contribution < -0.4 is 0 Å². The Morgan fingerprint density at radius 1 is 1.29 bits per heavy atom. The van der Waals surface area contributed by atoms with Crippen LogP contribution in [0.25, 0.3) is 0 Å². The van der Waals surface area contributed by atoms with Gasteiger partial charge in [-0.05, 0) is 44.0 Å². The van der Waals surface area contributed by atoms with E-state index in [1.807, 2.05) is 24.0 Å². The van der Waals surface area contributed by atoms with Gasteiger partial charge in [0.15, 0.2) is 5.17 Å². The normalized spacial score (nSPS) is 26.1. The van der Waals surface area contributed by atoms with Gasteiger partial charge in [0, 0.05) is 36.4 Å². The van der Waals surface area contributed by atoms with Gasteiger partial charge in [-0.15, -0.1) is 0 Å². The summed E-state index contributed by atoms with van der Waals surface area (Å²) in [5.41, 5.74) is 2.41. The zero-order valence-electron chi connectivity index (χ0n) is 14.5. The number of hydrogen-bond acceptors (Lipinski definition) is 4. The molecule has 0 aliphatic carbocycles. The Kier molecular flexibility index (Phi) is 4.12. The van der Waals surface area contributed by atoms with Crippen LogP contribution in [0, 0.1) is 0 Å². The van der Waals surface area contributed by atoms with E-state index in [2.05, 4.69) is 65.8 Å². The number of fused-ring (bicyclic) bond motifs is 1. The molecule has 0 unspecified atom stereocenters. The van der Waals surface area contributed by atoms with E-state index < -0.39 is 0 Å². The number of aliphatic imine (C=N–C) groups is 1. The number of aromatic nitrogens is 2. The molecule has 5 heteroatoms. The number of rotatable bonds is 4. The summed E-state index contributed by atoms with van der Waals surface area (Å²) in [7, 11) is 0. The molecule has 4 nitrogen and oxygen atoms in total. The van der Waals surface area contributed by atoms with E-state index in [-0.39, 0.29) is 12.1 Å². The largest absolute Gasteiger partial charge is 0.351 e. The first-order chi connectivity index (χ1) is 11.7. The van der Waals surface area contributed by atoms with E-state index in [4.69, 9.17) is 4.99 Å². The van der Waals surface area contributed by atoms with E-state index in [0.717, 1.165) is 17.9 Å². The van der Waals surface area contributed by atoms with E-state index in [1.54, 1.807) is 0 Å². The van der Waals surface area contributed by atoms with Crippen LogP contribution in [0.2, 0.25) is 0 Å². The number of thioether (sulfide) groups is 1. The molecule has 126 valence electrons. The highest BCUT2D eigenvalue weighted by atomic mass is 32.2. The SMILES string of the molecule is CC[C@@H]1CSC2=N[C@@H](c3ccccn3)[C@H](c3ccn(C(C)C)c3)N21. The van der Waals surface area contributed by atoms with Gasteiger partial charge in [-0.2, -0.15) is 0 Å². The molecule has 0 N–H and O–H groups in total. The third-order valence-electron chi connectivity index (χ3n) is 5.00. The molecule has 0 bridgehead atoms. The van der Waals surface area contributed by atoms with Crippen LogP contribution in [0.1, 0.15) is 56.6 Å². The van der Waals surface area contributed by atoms with Gasteiger partial charge in [-0.25, -0.2) is 0 Å². The van der Waals surface area contributed by atoms with Crippen molar-refractivity contribution in [2.45, 2.75) is 51.4 Å². The van der Waals surface area contributed by atoms with Crippen molar-refractivity contribution in [1.82, 2.24) is 14.5 Å². The van der Waals surface area contributed by atoms with Crippen molar-refractivity contribution in [2.24, 2.45) is 4.99 Å². The molecule has 0 radical (unpaired) electrons. The van der Waals surface area contributed by atoms with Crippen LogP contribution in [-0.4, -0.2) is 31.4 Å². The molecule has 3 atom stereocenters. The van der Waals surface area contributed by atoms with E-state index in [1.165, 1.54) is 10.7 Å². The van der Waals surface area contributed by atoms with Crippen molar-refractivity contribution in [3.63, 3.8) is 0 Å². The van der Waals surface area contributed by atoms with Gasteiger partial charge in [0.2, 0.25) is 0 Å². The molecule has 24 heavy (non-hydrogen) atoms. The molecule has 1 fully saturated rings. The van der Waals surface area contributed by atoms with Gasteiger partial charge in [-0.1, -0.05) is 24.8 Å². The van der Waals surface area contributed by atoms with Gasteiger partial charge in [0.25, 0.3) is 0 Å². The Hall–Kier alpha value is -1.75. The summed E-state index contributed by atoms with van der Waals surface area (Å²) < 4.78 is 2.28. The van der Waals surface area contributed by atoms with Crippen LogP contribution in [0.5, 0.6) is 0 Å². The van der Waals surface area contributed by atoms with Crippen molar-refractivity contribution < 1.29 is 0 Å². The third kappa shape index (κ3) is 2.55. The summed E-state index contributed by atoms with van der Waals surface area (Å²) in [6, 6.07) is 9.79. The summed E-state index contributed by atoms with van der Waals surface area (Å²) in [6.45, 7) is 6.72. The first-order valence-corrected chi connectivity index (χ1v) is 9.74. The van der Waals surface area contributed by atoms with Gasteiger partial charge in [-0.3, -0.25) is 9.98 Å². The minimum atomic E-state index is 0.0889. The molecule has 1 saturated heterocycles. The maximum atomic E-state index is 5.06. The molecule has 4 rings (SSSR count). The van der Waals surface area contributed by atoms with Gasteiger partial charge in [0.1, 0.15) is 6.04 Å². The highest BCUT2D eigenvalue weighted by Crippen LogP contribution is 2.48. The second-order valence-electron chi connectivity index (χ2n) is 6.82. The lowest BCUT2D eigenvalue weighted by molar-refractivity contribution is 0.255. The van der Waals surface area contributed by atoms with Crippen molar-refractivity contribution in [3.8, 4) is 0 Å². The lowest BCUT2D eigenvalue weighted by Gasteiger charge is -2.31. The molecule has 2 aliphatic rings. The zero-order chi connectivity index (χ0) is 16.7. The summed E-state index contributed by atoms with van der Waals surface area (Å²) in [4.78, 5) is 12.2. The zero-order valence-corrected chi connectivity index (χ0v) is 15.3. The van der Waals surface area contributed by atoms with Crippen LogP contribution in [0.3, 0.4) is 0 Å². The maximum absolute atomic E-state index is 5.06. The predicted octanol–water partition coefficient (Wildman–Crippen LogP) is 4.44. The quantitative estimate of drug-likeness (QED) is 0.825. The summed E-state index contributed by atoms with van der Waals surface area (Å²) in [6.07, 6.45) is 7.51. The monoisotopic (exact) mass is 340 g/mol. The number of pyridine rings is 1. The molecule has 2 aromatic heterocycles. The van der Waals surface area contributed by atoms with Gasteiger partial charge < -0.3 is 9.47 Å². The molecular weight excluding hydrogens is 316 g/mol. The lowest BCUT2D eigenvalue weighted by atomic mass is 9.97. The fraction of sp³-hybridized carbons (Fsp3) is 0.474. The van der Waals surface area contributed by atoms with Crippen LogP contribution in [-0.2, 0) is 0 Å². The van der Waals surface area contributed by atoms with Crippen molar-refractivity contribution in [1.29, 1.82) is 0 Å². The Morgan fingerprint density at radius 3 is 2.83 bits per heavy atom. The highest BCUT2D eigenvalue weighted by Gasteiger charge is 2.45. The number of hydrogen-bond donors (Lipinski definition) is 0. The molecule has 2 aliphatic heterocycles. The van der Waals surface area contributed by atoms with E-state index in [9.17, 15) is 0 Å². The molecule has 0 saturated carbocycles. The standard InChI is InChI=1S/C19H24N4S/c1-4-15-12-24-19-21-17(16-7-5-6-9-20-16)18(23(15)19)14-8-10-22(11-14)13(2)3/h5-11,13,15,17-18H,4,12H2,1-3H3/t15-,17+,18+/m1/s1. The van der Waals surface area contributed by atoms with Gasteiger partial charge >= 0.3 is 0 Å². The van der Waals surface area contributed by atoms with Crippen LogP contribution in [0.4, 0.5) is 0 Å². The molecule has 0 aromatic carbocycles. The van der Waals surface area contributed by atoms with Crippen molar-refractivity contribution in [2.75, 3.05) is 5.75 Å². The third-order valence-corrected chi connectivity index (χ3v) is 6.13. The van der Waals surface area contributed by atoms with Crippen molar-refractivity contribution in [3.05, 3.63) is 54.1 Å². The average Bonchev–Trinajstić information content (AvgIpc) is 3.29. The first kappa shape index (κ1) is 15.8.